The van der Waals surface area contributed by atoms with Gasteiger partial charge in [-0.25, -0.2) is 4.79 Å². The summed E-state index contributed by atoms with van der Waals surface area (Å²) < 4.78 is 5.79. The van der Waals surface area contributed by atoms with Crippen LogP contribution >= 0.6 is 23.1 Å². The number of hydrogen-bond donors (Lipinski definition) is 3. The number of hydrogen-bond acceptors (Lipinski definition) is 8. The second-order valence-electron chi connectivity index (χ2n) is 6.78. The molecule has 29 heavy (non-hydrogen) atoms. The Balaban J connectivity index is 1.46. The number of urea groups is 1. The van der Waals surface area contributed by atoms with Crippen LogP contribution in [0.25, 0.3) is 0 Å². The molecule has 8 nitrogen and oxygen atoms in total. The maximum atomic E-state index is 12.3. The number of benzene rings is 1. The fraction of sp³-hybridized carbons (Fsp3) is 0.474. The molecule has 3 N–H and O–H groups in total. The molecular weight excluding hydrogens is 410 g/mol. The number of rotatable bonds is 7. The predicted octanol–water partition coefficient (Wildman–Crippen LogP) is 3.93. The van der Waals surface area contributed by atoms with Crippen LogP contribution in [0.3, 0.4) is 0 Å². The van der Waals surface area contributed by atoms with Gasteiger partial charge < -0.3 is 15.4 Å². The molecule has 1 aliphatic rings. The number of amides is 3. The normalized spacial score (nSPS) is 15.4. The van der Waals surface area contributed by atoms with E-state index in [1.54, 1.807) is 14.0 Å². The molecule has 1 saturated carbocycles. The molecule has 1 fully saturated rings. The molecule has 0 radical (unpaired) electrons. The minimum atomic E-state index is -0.464. The molecule has 0 saturated heterocycles. The van der Waals surface area contributed by atoms with Crippen LogP contribution in [0, 0.1) is 0 Å². The topological polar surface area (TPSA) is 105 Å². The van der Waals surface area contributed by atoms with E-state index < -0.39 is 11.3 Å². The largest absolute Gasteiger partial charge is 0.497 e. The average molecular weight is 436 g/mol. The van der Waals surface area contributed by atoms with Crippen LogP contribution in [0.2, 0.25) is 0 Å². The Morgan fingerprint density at radius 3 is 2.59 bits per heavy atom. The number of thioether (sulfide) groups is 1. The van der Waals surface area contributed by atoms with Gasteiger partial charge in [0.15, 0.2) is 4.34 Å². The molecular formula is C19H25N5O3S2. The highest BCUT2D eigenvalue weighted by Gasteiger charge is 2.21. The fourth-order valence-electron chi connectivity index (χ4n) is 2.99. The standard InChI is InChI=1S/C19H25N5O3S2/c1-12(16(25)22-17(26)20-13-6-4-3-5-7-13)28-19-24-23-18(29-19)21-14-8-10-15(27-2)11-9-14/h8-13H,3-7H2,1-2H3,(H,21,23)(H2,20,22,25,26). The molecule has 1 unspecified atom stereocenters. The molecule has 10 heteroatoms. The predicted molar refractivity (Wildman–Crippen MR) is 115 cm³/mol. The van der Waals surface area contributed by atoms with Crippen molar-refractivity contribution in [2.24, 2.45) is 0 Å². The maximum absolute atomic E-state index is 12.3. The zero-order chi connectivity index (χ0) is 20.6. The van der Waals surface area contributed by atoms with Crippen molar-refractivity contribution >= 4 is 45.9 Å². The summed E-state index contributed by atoms with van der Waals surface area (Å²) in [6.45, 7) is 1.74. The number of methoxy groups -OCH3 is 1. The number of nitrogens with one attached hydrogen (secondary N) is 3. The molecule has 3 rings (SSSR count). The lowest BCUT2D eigenvalue weighted by atomic mass is 9.96. The highest BCUT2D eigenvalue weighted by molar-refractivity contribution is 8.02. The Morgan fingerprint density at radius 1 is 1.17 bits per heavy atom. The number of carbonyl (C=O) groups excluding carboxylic acids is 2. The third-order valence-corrected chi connectivity index (χ3v) is 6.59. The number of ether oxygens (including phenoxy) is 1. The number of imide groups is 1. The van der Waals surface area contributed by atoms with Crippen molar-refractivity contribution in [1.29, 1.82) is 0 Å². The molecule has 0 spiro atoms. The molecule has 2 aromatic rings. The summed E-state index contributed by atoms with van der Waals surface area (Å²) in [5.41, 5.74) is 0.865. The minimum Gasteiger partial charge on any atom is -0.497 e. The smallest absolute Gasteiger partial charge is 0.321 e. The van der Waals surface area contributed by atoms with Gasteiger partial charge in [0.05, 0.1) is 12.4 Å². The molecule has 3 amide bonds. The Kier molecular flexibility index (Phi) is 7.70. The van der Waals surface area contributed by atoms with Crippen molar-refractivity contribution < 1.29 is 14.3 Å². The first-order valence-corrected chi connectivity index (χ1v) is 11.3. The third kappa shape index (κ3) is 6.60. The molecule has 1 aromatic carbocycles. The van der Waals surface area contributed by atoms with Gasteiger partial charge in [-0.15, -0.1) is 10.2 Å². The van der Waals surface area contributed by atoms with Crippen LogP contribution in [0.1, 0.15) is 39.0 Å². The van der Waals surface area contributed by atoms with Crippen LogP contribution in [0.5, 0.6) is 5.75 Å². The van der Waals surface area contributed by atoms with Gasteiger partial charge in [0, 0.05) is 11.7 Å². The van der Waals surface area contributed by atoms with E-state index in [-0.39, 0.29) is 11.9 Å². The highest BCUT2D eigenvalue weighted by atomic mass is 32.2. The Hall–Kier alpha value is -2.33. The number of nitrogens with zero attached hydrogens (tertiary/aromatic N) is 2. The highest BCUT2D eigenvalue weighted by Crippen LogP contribution is 2.30. The zero-order valence-electron chi connectivity index (χ0n) is 16.4. The van der Waals surface area contributed by atoms with Gasteiger partial charge in [0.25, 0.3) is 0 Å². The lowest BCUT2D eigenvalue weighted by Crippen LogP contribution is -2.47. The van der Waals surface area contributed by atoms with Gasteiger partial charge in [-0.3, -0.25) is 10.1 Å². The van der Waals surface area contributed by atoms with Crippen molar-refractivity contribution in [3.05, 3.63) is 24.3 Å². The average Bonchev–Trinajstić information content (AvgIpc) is 3.15. The summed E-state index contributed by atoms with van der Waals surface area (Å²) >= 11 is 2.62. The second kappa shape index (κ2) is 10.4. The first kappa shape index (κ1) is 21.4. The molecule has 1 aromatic heterocycles. The second-order valence-corrected chi connectivity index (χ2v) is 9.35. The monoisotopic (exact) mass is 435 g/mol. The van der Waals surface area contributed by atoms with Crippen LogP contribution < -0.4 is 20.7 Å². The van der Waals surface area contributed by atoms with E-state index in [9.17, 15) is 9.59 Å². The van der Waals surface area contributed by atoms with Crippen molar-refractivity contribution in [1.82, 2.24) is 20.8 Å². The van der Waals surface area contributed by atoms with Gasteiger partial charge in [-0.2, -0.15) is 0 Å². The van der Waals surface area contributed by atoms with Gasteiger partial charge in [0.1, 0.15) is 5.75 Å². The summed E-state index contributed by atoms with van der Waals surface area (Å²) in [6.07, 6.45) is 5.40. The third-order valence-electron chi connectivity index (χ3n) is 4.57. The number of aromatic nitrogens is 2. The SMILES string of the molecule is COc1ccc(Nc2nnc(SC(C)C(=O)NC(=O)NC3CCCCC3)s2)cc1. The minimum absolute atomic E-state index is 0.161. The van der Waals surface area contributed by atoms with Gasteiger partial charge >= 0.3 is 6.03 Å². The van der Waals surface area contributed by atoms with Crippen molar-refractivity contribution in [2.45, 2.75) is 54.7 Å². The first-order valence-electron chi connectivity index (χ1n) is 9.56. The Labute approximate surface area is 178 Å². The zero-order valence-corrected chi connectivity index (χ0v) is 18.1. The van der Waals surface area contributed by atoms with Crippen LogP contribution in [0.4, 0.5) is 15.6 Å². The molecule has 1 atom stereocenters. The quantitative estimate of drug-likeness (QED) is 0.566. The summed E-state index contributed by atoms with van der Waals surface area (Å²) in [7, 11) is 1.62. The molecule has 156 valence electrons. The maximum Gasteiger partial charge on any atom is 0.321 e. The lowest BCUT2D eigenvalue weighted by molar-refractivity contribution is -0.119. The molecule has 1 heterocycles. The summed E-state index contributed by atoms with van der Waals surface area (Å²) in [5.74, 6) is 0.430. The summed E-state index contributed by atoms with van der Waals surface area (Å²) in [4.78, 5) is 24.3. The Morgan fingerprint density at radius 2 is 1.90 bits per heavy atom. The summed E-state index contributed by atoms with van der Waals surface area (Å²) in [5, 5.41) is 16.8. The fourth-order valence-corrected chi connectivity index (χ4v) is 4.91. The van der Waals surface area contributed by atoms with Gasteiger partial charge in [-0.05, 0) is 44.0 Å². The van der Waals surface area contributed by atoms with E-state index in [1.807, 2.05) is 24.3 Å². The summed E-state index contributed by atoms with van der Waals surface area (Å²) in [6, 6.07) is 7.21. The van der Waals surface area contributed by atoms with Gasteiger partial charge in [-0.1, -0.05) is 42.4 Å². The van der Waals surface area contributed by atoms with E-state index >= 15 is 0 Å². The van der Waals surface area contributed by atoms with E-state index in [4.69, 9.17) is 4.74 Å². The number of carbonyl (C=O) groups is 2. The Bertz CT molecular complexity index is 822. The van der Waals surface area contributed by atoms with E-state index in [2.05, 4.69) is 26.1 Å². The lowest BCUT2D eigenvalue weighted by Gasteiger charge is -2.22. The molecule has 1 aliphatic carbocycles. The van der Waals surface area contributed by atoms with Gasteiger partial charge in [0.2, 0.25) is 11.0 Å². The van der Waals surface area contributed by atoms with E-state index in [0.29, 0.717) is 9.47 Å². The number of anilines is 2. The molecule has 0 aliphatic heterocycles. The first-order chi connectivity index (χ1) is 14.0. The molecule has 0 bridgehead atoms. The van der Waals surface area contributed by atoms with Crippen LogP contribution in [0.15, 0.2) is 28.6 Å². The van der Waals surface area contributed by atoms with E-state index in [1.165, 1.54) is 29.5 Å². The van der Waals surface area contributed by atoms with Crippen LogP contribution in [-0.2, 0) is 4.79 Å². The van der Waals surface area contributed by atoms with Crippen molar-refractivity contribution in [2.75, 3.05) is 12.4 Å². The van der Waals surface area contributed by atoms with Crippen LogP contribution in [-0.4, -0.2) is 40.5 Å². The van der Waals surface area contributed by atoms with Crippen molar-refractivity contribution in [3.8, 4) is 5.75 Å². The van der Waals surface area contributed by atoms with Crippen molar-refractivity contribution in [3.63, 3.8) is 0 Å². The van der Waals surface area contributed by atoms with E-state index in [0.717, 1.165) is 37.1 Å².